The topological polar surface area (TPSA) is 66.3 Å². The maximum atomic E-state index is 11.4. The minimum Gasteiger partial charge on any atom is -0.478 e. The van der Waals surface area contributed by atoms with Gasteiger partial charge in [-0.2, -0.15) is 0 Å². The number of carboxylic acid groups (broad SMARTS) is 1. The molecule has 0 unspecified atom stereocenters. The number of hydrogen-bond acceptors (Lipinski definition) is 5. The number of carboxylic acids is 1. The fourth-order valence-electron chi connectivity index (χ4n) is 3.35. The second-order valence-electron chi connectivity index (χ2n) is 6.29. The minimum absolute atomic E-state index is 0.316. The monoisotopic (exact) mass is 353 g/mol. The second-order valence-corrected chi connectivity index (χ2v) is 7.20. The molecule has 0 amide bonds. The van der Waals surface area contributed by atoms with E-state index in [1.165, 1.54) is 19.3 Å². The Kier molecular flexibility index (Phi) is 4.36. The van der Waals surface area contributed by atoms with Crippen molar-refractivity contribution in [1.29, 1.82) is 0 Å². The largest absolute Gasteiger partial charge is 0.478 e. The Morgan fingerprint density at radius 2 is 1.92 bits per heavy atom. The van der Waals surface area contributed by atoms with Crippen molar-refractivity contribution < 1.29 is 9.90 Å². The Labute approximate surface area is 150 Å². The number of carbonyl (C=O) groups is 1. The third-order valence-electron chi connectivity index (χ3n) is 4.58. The van der Waals surface area contributed by atoms with Gasteiger partial charge in [-0.25, -0.2) is 14.8 Å². The highest BCUT2D eigenvalue weighted by atomic mass is 32.1. The van der Waals surface area contributed by atoms with Crippen molar-refractivity contribution >= 4 is 33.3 Å². The van der Waals surface area contributed by atoms with E-state index in [9.17, 15) is 9.90 Å². The van der Waals surface area contributed by atoms with Crippen LogP contribution in [0.25, 0.3) is 10.2 Å². The van der Waals surface area contributed by atoms with Gasteiger partial charge >= 0.3 is 5.97 Å². The van der Waals surface area contributed by atoms with Gasteiger partial charge in [0.05, 0.1) is 15.8 Å². The number of hydrogen-bond donors (Lipinski definition) is 1. The standard InChI is InChI=1S/C19H19N3O2S/c23-19(24)14-7-3-2-6-13(14)12-16-20-15-8-11-25-17(15)18(21-16)22-9-4-1-5-10-22/h2-3,6-8,11H,1,4-5,9-10,12H2,(H,23,24). The highest BCUT2D eigenvalue weighted by Gasteiger charge is 2.19. The van der Waals surface area contributed by atoms with Gasteiger partial charge in [-0.05, 0) is 42.3 Å². The first kappa shape index (κ1) is 16.0. The van der Waals surface area contributed by atoms with Gasteiger partial charge in [-0.15, -0.1) is 11.3 Å². The number of nitrogens with zero attached hydrogens (tertiary/aromatic N) is 3. The molecule has 3 heterocycles. The van der Waals surface area contributed by atoms with E-state index >= 15 is 0 Å². The predicted molar refractivity (Wildman–Crippen MR) is 99.7 cm³/mol. The molecule has 0 bridgehead atoms. The first-order valence-corrected chi connectivity index (χ1v) is 9.40. The van der Waals surface area contributed by atoms with Crippen LogP contribution in [0.5, 0.6) is 0 Å². The van der Waals surface area contributed by atoms with Crippen molar-refractivity contribution in [2.45, 2.75) is 25.7 Å². The average Bonchev–Trinajstić information content (AvgIpc) is 3.10. The summed E-state index contributed by atoms with van der Waals surface area (Å²) < 4.78 is 1.12. The van der Waals surface area contributed by atoms with Crippen LogP contribution in [0.1, 0.15) is 41.0 Å². The van der Waals surface area contributed by atoms with E-state index in [0.717, 1.165) is 34.7 Å². The van der Waals surface area contributed by atoms with Crippen molar-refractivity contribution in [2.24, 2.45) is 0 Å². The second kappa shape index (κ2) is 6.80. The third-order valence-corrected chi connectivity index (χ3v) is 5.48. The molecule has 1 aromatic carbocycles. The van der Waals surface area contributed by atoms with Crippen molar-refractivity contribution in [3.05, 3.63) is 52.7 Å². The lowest BCUT2D eigenvalue weighted by Gasteiger charge is -2.28. The van der Waals surface area contributed by atoms with Gasteiger partial charge in [0.25, 0.3) is 0 Å². The Morgan fingerprint density at radius 3 is 2.72 bits per heavy atom. The lowest BCUT2D eigenvalue weighted by Crippen LogP contribution is -2.30. The Morgan fingerprint density at radius 1 is 1.12 bits per heavy atom. The lowest BCUT2D eigenvalue weighted by molar-refractivity contribution is 0.0696. The molecule has 1 fully saturated rings. The zero-order valence-electron chi connectivity index (χ0n) is 13.8. The van der Waals surface area contributed by atoms with Gasteiger partial charge in [-0.1, -0.05) is 18.2 Å². The summed E-state index contributed by atoms with van der Waals surface area (Å²) in [6.07, 6.45) is 4.07. The van der Waals surface area contributed by atoms with Crippen LogP contribution in [-0.4, -0.2) is 34.1 Å². The maximum absolute atomic E-state index is 11.4. The van der Waals surface area contributed by atoms with E-state index in [1.54, 1.807) is 23.5 Å². The first-order valence-electron chi connectivity index (χ1n) is 8.52. The fourth-order valence-corrected chi connectivity index (χ4v) is 4.20. The predicted octanol–water partition coefficient (Wildman–Crippen LogP) is 3.97. The zero-order chi connectivity index (χ0) is 17.2. The normalized spacial score (nSPS) is 14.8. The van der Waals surface area contributed by atoms with E-state index in [2.05, 4.69) is 9.88 Å². The molecule has 1 N–H and O–H groups in total. The number of anilines is 1. The van der Waals surface area contributed by atoms with Crippen molar-refractivity contribution in [3.8, 4) is 0 Å². The van der Waals surface area contributed by atoms with Gasteiger partial charge < -0.3 is 10.0 Å². The molecule has 0 aliphatic carbocycles. The fraction of sp³-hybridized carbons (Fsp3) is 0.316. The number of piperidine rings is 1. The number of aromatic nitrogens is 2. The van der Waals surface area contributed by atoms with Gasteiger partial charge in [-0.3, -0.25) is 0 Å². The van der Waals surface area contributed by atoms with E-state index < -0.39 is 5.97 Å². The number of rotatable bonds is 4. The SMILES string of the molecule is O=C(O)c1ccccc1Cc1nc(N2CCCCC2)c2sccc2n1. The molecule has 0 saturated carbocycles. The molecule has 5 nitrogen and oxygen atoms in total. The average molecular weight is 353 g/mol. The number of fused-ring (bicyclic) bond motifs is 1. The molecule has 2 aromatic heterocycles. The Hall–Kier alpha value is -2.47. The van der Waals surface area contributed by atoms with Gasteiger partial charge in [0.2, 0.25) is 0 Å². The molecule has 1 saturated heterocycles. The van der Waals surface area contributed by atoms with E-state index in [0.29, 0.717) is 17.8 Å². The van der Waals surface area contributed by atoms with Crippen LogP contribution >= 0.6 is 11.3 Å². The Balaban J connectivity index is 1.74. The summed E-state index contributed by atoms with van der Waals surface area (Å²) >= 11 is 1.67. The summed E-state index contributed by atoms with van der Waals surface area (Å²) in [4.78, 5) is 23.3. The van der Waals surface area contributed by atoms with E-state index in [1.807, 2.05) is 23.6 Å². The van der Waals surface area contributed by atoms with Gasteiger partial charge in [0.15, 0.2) is 0 Å². The number of aromatic carboxylic acids is 1. The summed E-state index contributed by atoms with van der Waals surface area (Å²) in [6.45, 7) is 2.05. The van der Waals surface area contributed by atoms with Crippen LogP contribution in [0.15, 0.2) is 35.7 Å². The van der Waals surface area contributed by atoms with Crippen LogP contribution in [0.3, 0.4) is 0 Å². The van der Waals surface area contributed by atoms with Gasteiger partial charge in [0, 0.05) is 19.5 Å². The molecule has 4 rings (SSSR count). The van der Waals surface area contributed by atoms with Crippen LogP contribution in [-0.2, 0) is 6.42 Å². The molecule has 6 heteroatoms. The molecule has 3 aromatic rings. The van der Waals surface area contributed by atoms with Crippen LogP contribution in [0, 0.1) is 0 Å². The van der Waals surface area contributed by atoms with E-state index in [-0.39, 0.29) is 0 Å². The molecule has 25 heavy (non-hydrogen) atoms. The zero-order valence-corrected chi connectivity index (χ0v) is 14.6. The molecule has 128 valence electrons. The van der Waals surface area contributed by atoms with Crippen LogP contribution in [0.4, 0.5) is 5.82 Å². The van der Waals surface area contributed by atoms with Crippen molar-refractivity contribution in [3.63, 3.8) is 0 Å². The van der Waals surface area contributed by atoms with Crippen molar-refractivity contribution in [1.82, 2.24) is 9.97 Å². The smallest absolute Gasteiger partial charge is 0.335 e. The number of thiophene rings is 1. The maximum Gasteiger partial charge on any atom is 0.335 e. The van der Waals surface area contributed by atoms with Crippen LogP contribution < -0.4 is 4.90 Å². The lowest BCUT2D eigenvalue weighted by atomic mass is 10.0. The summed E-state index contributed by atoms with van der Waals surface area (Å²) in [5.74, 6) is 0.770. The summed E-state index contributed by atoms with van der Waals surface area (Å²) in [6, 6.07) is 9.09. The minimum atomic E-state index is -0.913. The molecule has 0 radical (unpaired) electrons. The molecule has 0 spiro atoms. The van der Waals surface area contributed by atoms with E-state index in [4.69, 9.17) is 4.98 Å². The van der Waals surface area contributed by atoms with Crippen molar-refractivity contribution in [2.75, 3.05) is 18.0 Å². The quantitative estimate of drug-likeness (QED) is 0.769. The molecular weight excluding hydrogens is 334 g/mol. The summed E-state index contributed by atoms with van der Waals surface area (Å²) in [5, 5.41) is 11.4. The molecule has 0 atom stereocenters. The third kappa shape index (κ3) is 3.22. The molecular formula is C19H19N3O2S. The number of benzene rings is 1. The highest BCUT2D eigenvalue weighted by Crippen LogP contribution is 2.31. The summed E-state index contributed by atoms with van der Waals surface area (Å²) in [5.41, 5.74) is 2.01. The van der Waals surface area contributed by atoms with Crippen LogP contribution in [0.2, 0.25) is 0 Å². The summed E-state index contributed by atoms with van der Waals surface area (Å²) in [7, 11) is 0. The van der Waals surface area contributed by atoms with Gasteiger partial charge in [0.1, 0.15) is 11.6 Å². The first-order chi connectivity index (χ1) is 12.2. The highest BCUT2D eigenvalue weighted by molar-refractivity contribution is 7.17. The molecule has 1 aliphatic rings. The Bertz CT molecular complexity index is 916. The molecule has 1 aliphatic heterocycles.